The van der Waals surface area contributed by atoms with Gasteiger partial charge in [-0.05, 0) is 31.4 Å². The second-order valence-corrected chi connectivity index (χ2v) is 12.4. The van der Waals surface area contributed by atoms with Gasteiger partial charge in [-0.15, -0.1) is 0 Å². The van der Waals surface area contributed by atoms with Crippen molar-refractivity contribution in [3.05, 3.63) is 29.8 Å². The molecule has 4 nitrogen and oxygen atoms in total. The fraction of sp³-hybridized carbons (Fsp3) is 0.800. The van der Waals surface area contributed by atoms with E-state index in [0.717, 1.165) is 17.3 Å². The first kappa shape index (κ1) is 37.5. The zero-order valence-corrected chi connectivity index (χ0v) is 26.7. The maximum atomic E-state index is 10.9. The molecule has 0 radical (unpaired) electrons. The number of para-hydroxylation sites is 1. The summed E-state index contributed by atoms with van der Waals surface area (Å²) in [6.45, 7) is 6.40. The molecule has 1 rings (SSSR count). The van der Waals surface area contributed by atoms with Crippen molar-refractivity contribution >= 4 is 5.97 Å². The Morgan fingerprint density at radius 3 is 1.41 bits per heavy atom. The van der Waals surface area contributed by atoms with Gasteiger partial charge in [0.25, 0.3) is 0 Å². The monoisotopic (exact) mass is 547 g/mol. The van der Waals surface area contributed by atoms with E-state index < -0.39 is 5.97 Å². The van der Waals surface area contributed by atoms with E-state index in [1.807, 2.05) is 0 Å². The Labute approximate surface area is 243 Å². The van der Waals surface area contributed by atoms with Crippen molar-refractivity contribution in [2.24, 2.45) is 0 Å². The van der Waals surface area contributed by atoms with Gasteiger partial charge in [-0.3, -0.25) is 0 Å². The number of quaternary nitrogens is 1. The third-order valence-corrected chi connectivity index (χ3v) is 7.29. The molecule has 0 aliphatic carbocycles. The lowest BCUT2D eigenvalue weighted by Gasteiger charge is -2.23. The SMILES string of the molecule is CCCCCCCCCCCCCCCC[N+](C)(C)C.CCCCCCCCCOc1ccccc1C(=O)[O-]. The number of carboxylic acid groups (broad SMARTS) is 1. The molecule has 0 bridgehead atoms. The lowest BCUT2D eigenvalue weighted by Crippen LogP contribution is -2.35. The van der Waals surface area contributed by atoms with Crippen LogP contribution in [-0.4, -0.2) is 44.7 Å². The van der Waals surface area contributed by atoms with Crippen molar-refractivity contribution in [1.29, 1.82) is 0 Å². The zero-order valence-electron chi connectivity index (χ0n) is 26.7. The van der Waals surface area contributed by atoms with Gasteiger partial charge in [-0.2, -0.15) is 0 Å². The van der Waals surface area contributed by atoms with Gasteiger partial charge in [0, 0.05) is 5.56 Å². The third-order valence-electron chi connectivity index (χ3n) is 7.29. The highest BCUT2D eigenvalue weighted by Gasteiger charge is 2.05. The average molecular weight is 548 g/mol. The molecule has 0 unspecified atom stereocenters. The van der Waals surface area contributed by atoms with Gasteiger partial charge in [-0.1, -0.05) is 142 Å². The first-order chi connectivity index (χ1) is 18.8. The highest BCUT2D eigenvalue weighted by molar-refractivity contribution is 5.89. The number of carboxylic acids is 1. The van der Waals surface area contributed by atoms with Crippen molar-refractivity contribution < 1.29 is 19.1 Å². The highest BCUT2D eigenvalue weighted by Crippen LogP contribution is 2.18. The third kappa shape index (κ3) is 26.4. The number of carbonyl (C=O) groups excluding carboxylic acids is 1. The molecule has 1 aromatic rings. The van der Waals surface area contributed by atoms with E-state index in [-0.39, 0.29) is 5.56 Å². The standard InChI is InChI=1S/C19H42N.C16H24O3/c1-5-6-7-8-9-10-11-12-13-14-15-16-17-18-19-20(2,3)4;1-2-3-4-5-6-7-10-13-19-15-12-9-8-11-14(15)16(17)18/h5-19H2,1-4H3;8-9,11-12H,2-7,10,13H2,1H3,(H,17,18)/q+1;/p-1. The van der Waals surface area contributed by atoms with Crippen LogP contribution in [0.2, 0.25) is 0 Å². The molecular weight excluding hydrogens is 482 g/mol. The van der Waals surface area contributed by atoms with Crippen molar-refractivity contribution in [1.82, 2.24) is 0 Å². The number of ether oxygens (including phenoxy) is 1. The topological polar surface area (TPSA) is 49.4 Å². The Kier molecular flexibility index (Phi) is 25.6. The molecule has 4 heteroatoms. The normalized spacial score (nSPS) is 11.2. The summed E-state index contributed by atoms with van der Waals surface area (Å²) in [6.07, 6.45) is 28.9. The predicted octanol–water partition coefficient (Wildman–Crippen LogP) is 9.35. The number of aromatic carboxylic acids is 1. The molecule has 0 aliphatic heterocycles. The summed E-state index contributed by atoms with van der Waals surface area (Å²) in [4.78, 5) is 10.9. The van der Waals surface area contributed by atoms with E-state index in [4.69, 9.17) is 4.74 Å². The van der Waals surface area contributed by atoms with Gasteiger partial charge in [0.15, 0.2) is 0 Å². The molecule has 228 valence electrons. The number of unbranched alkanes of at least 4 members (excludes halogenated alkanes) is 19. The van der Waals surface area contributed by atoms with Crippen LogP contribution in [0.5, 0.6) is 5.75 Å². The number of nitrogens with zero attached hydrogens (tertiary/aromatic N) is 1. The predicted molar refractivity (Wildman–Crippen MR) is 167 cm³/mol. The lowest BCUT2D eigenvalue weighted by molar-refractivity contribution is -0.870. The smallest absolute Gasteiger partial charge is 0.128 e. The van der Waals surface area contributed by atoms with Crippen LogP contribution in [0.4, 0.5) is 0 Å². The molecule has 0 saturated carbocycles. The van der Waals surface area contributed by atoms with E-state index in [2.05, 4.69) is 35.0 Å². The van der Waals surface area contributed by atoms with Crippen LogP contribution < -0.4 is 9.84 Å². The first-order valence-electron chi connectivity index (χ1n) is 16.6. The van der Waals surface area contributed by atoms with Crippen LogP contribution in [0.3, 0.4) is 0 Å². The minimum absolute atomic E-state index is 0.130. The van der Waals surface area contributed by atoms with Gasteiger partial charge in [0.2, 0.25) is 0 Å². The Morgan fingerprint density at radius 2 is 1.00 bits per heavy atom. The largest absolute Gasteiger partial charge is 0.545 e. The van der Waals surface area contributed by atoms with Gasteiger partial charge in [0.1, 0.15) is 5.75 Å². The summed E-state index contributed by atoms with van der Waals surface area (Å²) >= 11 is 0. The number of rotatable bonds is 25. The van der Waals surface area contributed by atoms with Crippen molar-refractivity contribution in [2.45, 2.75) is 149 Å². The minimum Gasteiger partial charge on any atom is -0.545 e. The molecule has 39 heavy (non-hydrogen) atoms. The van der Waals surface area contributed by atoms with Gasteiger partial charge < -0.3 is 19.1 Å². The van der Waals surface area contributed by atoms with Gasteiger partial charge in [-0.25, -0.2) is 0 Å². The maximum Gasteiger partial charge on any atom is 0.128 e. The summed E-state index contributed by atoms with van der Waals surface area (Å²) in [6, 6.07) is 6.63. The van der Waals surface area contributed by atoms with E-state index in [0.29, 0.717) is 12.4 Å². The Morgan fingerprint density at radius 1 is 0.615 bits per heavy atom. The quantitative estimate of drug-likeness (QED) is 0.0905. The first-order valence-corrected chi connectivity index (χ1v) is 16.6. The van der Waals surface area contributed by atoms with Crippen molar-refractivity contribution in [3.8, 4) is 5.75 Å². The number of hydrogen-bond donors (Lipinski definition) is 0. The fourth-order valence-electron chi connectivity index (χ4n) is 4.78. The van der Waals surface area contributed by atoms with Crippen LogP contribution in [-0.2, 0) is 0 Å². The minimum atomic E-state index is -1.19. The summed E-state index contributed by atoms with van der Waals surface area (Å²) < 4.78 is 6.63. The number of benzene rings is 1. The molecule has 0 heterocycles. The average Bonchev–Trinajstić information content (AvgIpc) is 2.90. The van der Waals surface area contributed by atoms with Crippen LogP contribution in [0, 0.1) is 0 Å². The van der Waals surface area contributed by atoms with Crippen LogP contribution in [0.25, 0.3) is 0 Å². The summed E-state index contributed by atoms with van der Waals surface area (Å²) in [7, 11) is 6.88. The zero-order chi connectivity index (χ0) is 29.0. The van der Waals surface area contributed by atoms with Crippen molar-refractivity contribution in [3.63, 3.8) is 0 Å². The Balaban J connectivity index is 0.000000741. The molecule has 1 aromatic carbocycles. The molecule has 0 atom stereocenters. The molecule has 0 fully saturated rings. The molecule has 0 N–H and O–H groups in total. The maximum absolute atomic E-state index is 10.9. The Bertz CT molecular complexity index is 668. The lowest BCUT2D eigenvalue weighted by atomic mass is 10.0. The number of hydrogen-bond acceptors (Lipinski definition) is 3. The second-order valence-electron chi connectivity index (χ2n) is 12.4. The Hall–Kier alpha value is -1.55. The van der Waals surface area contributed by atoms with Gasteiger partial charge in [0.05, 0.1) is 40.3 Å². The van der Waals surface area contributed by atoms with E-state index in [1.54, 1.807) is 18.2 Å². The van der Waals surface area contributed by atoms with Crippen molar-refractivity contribution in [2.75, 3.05) is 34.3 Å². The number of carbonyl (C=O) groups is 1. The molecular formula is C35H65NO3. The van der Waals surface area contributed by atoms with E-state index >= 15 is 0 Å². The molecule has 0 aromatic heterocycles. The molecule has 0 spiro atoms. The summed E-state index contributed by atoms with van der Waals surface area (Å²) in [5, 5.41) is 10.9. The van der Waals surface area contributed by atoms with Crippen LogP contribution in [0.15, 0.2) is 24.3 Å². The van der Waals surface area contributed by atoms with Crippen LogP contribution in [0.1, 0.15) is 159 Å². The second kappa shape index (κ2) is 26.7. The molecule has 0 saturated heterocycles. The van der Waals surface area contributed by atoms with E-state index in [9.17, 15) is 9.90 Å². The van der Waals surface area contributed by atoms with E-state index in [1.165, 1.54) is 135 Å². The summed E-state index contributed by atoms with van der Waals surface area (Å²) in [5.74, 6) is -0.774. The highest BCUT2D eigenvalue weighted by atomic mass is 16.5. The summed E-state index contributed by atoms with van der Waals surface area (Å²) in [5.41, 5.74) is 0.130. The fourth-order valence-corrected chi connectivity index (χ4v) is 4.78. The molecule has 0 amide bonds. The van der Waals surface area contributed by atoms with Crippen LogP contribution >= 0.6 is 0 Å². The molecule has 0 aliphatic rings. The van der Waals surface area contributed by atoms with Gasteiger partial charge >= 0.3 is 0 Å².